The number of benzene rings is 2. The monoisotopic (exact) mass is 341 g/mol. The van der Waals surface area contributed by atoms with E-state index in [9.17, 15) is 9.59 Å². The van der Waals surface area contributed by atoms with Gasteiger partial charge in [-0.2, -0.15) is 0 Å². The molecule has 0 atom stereocenters. The first-order valence-electron chi connectivity index (χ1n) is 7.99. The van der Waals surface area contributed by atoms with Gasteiger partial charge in [0, 0.05) is 5.69 Å². The van der Waals surface area contributed by atoms with Gasteiger partial charge in [0.15, 0.2) is 0 Å². The van der Waals surface area contributed by atoms with Crippen molar-refractivity contribution in [3.63, 3.8) is 0 Å². The smallest absolute Gasteiger partial charge is 0.412 e. The lowest BCUT2D eigenvalue weighted by atomic mass is 10.00. The Kier molecular flexibility index (Phi) is 5.47. The van der Waals surface area contributed by atoms with Crippen molar-refractivity contribution in [2.45, 2.75) is 33.3 Å². The summed E-state index contributed by atoms with van der Waals surface area (Å²) in [6.45, 7) is 7.32. The fourth-order valence-corrected chi connectivity index (χ4v) is 2.35. The fourth-order valence-electron chi connectivity index (χ4n) is 2.35. The van der Waals surface area contributed by atoms with Gasteiger partial charge in [-0.3, -0.25) is 5.32 Å². The molecular formula is C20H23NO4. The number of nitrogens with one attached hydrogen (secondary N) is 1. The largest absolute Gasteiger partial charge is 0.465 e. The molecule has 0 radical (unpaired) electrons. The zero-order valence-electron chi connectivity index (χ0n) is 15.2. The lowest BCUT2D eigenvalue weighted by molar-refractivity contribution is 0.0597. The molecule has 2 aromatic rings. The molecule has 25 heavy (non-hydrogen) atoms. The number of amides is 1. The summed E-state index contributed by atoms with van der Waals surface area (Å²) < 4.78 is 9.98. The van der Waals surface area contributed by atoms with E-state index in [-0.39, 0.29) is 5.97 Å². The maximum Gasteiger partial charge on any atom is 0.412 e. The summed E-state index contributed by atoms with van der Waals surface area (Å²) in [6, 6.07) is 13.0. The first-order chi connectivity index (χ1) is 11.7. The van der Waals surface area contributed by atoms with Crippen molar-refractivity contribution in [3.05, 3.63) is 53.6 Å². The molecule has 0 fully saturated rings. The number of esters is 1. The molecule has 0 aliphatic heterocycles. The van der Waals surface area contributed by atoms with Crippen LogP contribution < -0.4 is 5.32 Å². The number of hydrogen-bond acceptors (Lipinski definition) is 4. The Morgan fingerprint density at radius 1 is 0.960 bits per heavy atom. The first kappa shape index (κ1) is 18.5. The molecule has 0 unspecified atom stereocenters. The quantitative estimate of drug-likeness (QED) is 0.815. The molecule has 1 amide bonds. The van der Waals surface area contributed by atoms with Gasteiger partial charge in [0.2, 0.25) is 0 Å². The molecule has 0 saturated heterocycles. The van der Waals surface area contributed by atoms with Crippen LogP contribution in [0.25, 0.3) is 11.1 Å². The van der Waals surface area contributed by atoms with Crippen LogP contribution in [-0.4, -0.2) is 24.8 Å². The first-order valence-corrected chi connectivity index (χ1v) is 7.99. The van der Waals surface area contributed by atoms with Crippen molar-refractivity contribution < 1.29 is 19.1 Å². The molecule has 0 aliphatic carbocycles. The zero-order chi connectivity index (χ0) is 18.6. The second-order valence-corrected chi connectivity index (χ2v) is 6.73. The van der Waals surface area contributed by atoms with Crippen LogP contribution in [0.5, 0.6) is 0 Å². The molecule has 0 saturated carbocycles. The number of methoxy groups -OCH3 is 1. The van der Waals surface area contributed by atoms with Gasteiger partial charge in [-0.25, -0.2) is 9.59 Å². The molecule has 0 spiro atoms. The second-order valence-electron chi connectivity index (χ2n) is 6.73. The maximum atomic E-state index is 11.8. The lowest BCUT2D eigenvalue weighted by Gasteiger charge is -2.19. The summed E-state index contributed by atoms with van der Waals surface area (Å²) in [6.07, 6.45) is -0.487. The summed E-state index contributed by atoms with van der Waals surface area (Å²) >= 11 is 0. The van der Waals surface area contributed by atoms with Gasteiger partial charge in [-0.05, 0) is 62.6 Å². The lowest BCUT2D eigenvalue weighted by Crippen LogP contribution is -2.27. The average molecular weight is 341 g/mol. The molecule has 0 bridgehead atoms. The van der Waals surface area contributed by atoms with Crippen LogP contribution in [0.4, 0.5) is 10.5 Å². The van der Waals surface area contributed by atoms with Crippen LogP contribution in [-0.2, 0) is 9.47 Å². The van der Waals surface area contributed by atoms with Crippen LogP contribution in [0, 0.1) is 6.92 Å². The Bertz CT molecular complexity index is 773. The minimum Gasteiger partial charge on any atom is -0.465 e. The van der Waals surface area contributed by atoms with Crippen molar-refractivity contribution >= 4 is 17.7 Å². The van der Waals surface area contributed by atoms with Gasteiger partial charge in [0.1, 0.15) is 5.60 Å². The number of ether oxygens (including phenoxy) is 2. The standard InChI is InChI=1S/C20H23NO4/c1-13-12-15(8-11-17(13)18(22)24-5)14-6-9-16(10-7-14)21-19(23)25-20(2,3)4/h6-12H,1-5H3,(H,21,23). The molecule has 5 heteroatoms. The average Bonchev–Trinajstić information content (AvgIpc) is 2.53. The highest BCUT2D eigenvalue weighted by molar-refractivity contribution is 5.92. The number of anilines is 1. The molecule has 5 nitrogen and oxygen atoms in total. The van der Waals surface area contributed by atoms with Crippen LogP contribution in [0.2, 0.25) is 0 Å². The van der Waals surface area contributed by atoms with E-state index in [1.165, 1.54) is 7.11 Å². The second kappa shape index (κ2) is 7.38. The number of carbonyl (C=O) groups excluding carboxylic acids is 2. The maximum absolute atomic E-state index is 11.8. The van der Waals surface area contributed by atoms with Crippen LogP contribution in [0.1, 0.15) is 36.7 Å². The highest BCUT2D eigenvalue weighted by atomic mass is 16.6. The van der Waals surface area contributed by atoms with Gasteiger partial charge >= 0.3 is 12.1 Å². The van der Waals surface area contributed by atoms with E-state index >= 15 is 0 Å². The number of carbonyl (C=O) groups is 2. The summed E-state index contributed by atoms with van der Waals surface area (Å²) in [7, 11) is 1.37. The van der Waals surface area contributed by atoms with E-state index in [2.05, 4.69) is 5.32 Å². The minimum absolute atomic E-state index is 0.346. The molecule has 0 aromatic heterocycles. The van der Waals surface area contributed by atoms with E-state index in [0.29, 0.717) is 11.3 Å². The Morgan fingerprint density at radius 2 is 1.56 bits per heavy atom. The van der Waals surface area contributed by atoms with Crippen molar-refractivity contribution in [3.8, 4) is 11.1 Å². The third-order valence-electron chi connectivity index (χ3n) is 3.50. The Balaban J connectivity index is 2.13. The van der Waals surface area contributed by atoms with E-state index in [0.717, 1.165) is 16.7 Å². The number of rotatable bonds is 3. The Labute approximate surface area is 148 Å². The van der Waals surface area contributed by atoms with Crippen LogP contribution in [0.15, 0.2) is 42.5 Å². The highest BCUT2D eigenvalue weighted by Crippen LogP contribution is 2.24. The van der Waals surface area contributed by atoms with Crippen molar-refractivity contribution in [1.29, 1.82) is 0 Å². The molecule has 2 aromatic carbocycles. The molecule has 1 N–H and O–H groups in total. The van der Waals surface area contributed by atoms with Crippen molar-refractivity contribution in [2.75, 3.05) is 12.4 Å². The summed E-state index contributed by atoms with van der Waals surface area (Å²) in [5.41, 5.74) is 3.47. The van der Waals surface area contributed by atoms with Gasteiger partial charge in [0.05, 0.1) is 12.7 Å². The summed E-state index contributed by atoms with van der Waals surface area (Å²) in [4.78, 5) is 23.4. The Morgan fingerprint density at radius 3 is 2.08 bits per heavy atom. The SMILES string of the molecule is COC(=O)c1ccc(-c2ccc(NC(=O)OC(C)(C)C)cc2)cc1C. The molecule has 0 aliphatic rings. The Hall–Kier alpha value is -2.82. The summed E-state index contributed by atoms with van der Waals surface area (Å²) in [5.74, 6) is -0.346. The number of hydrogen-bond donors (Lipinski definition) is 1. The molecular weight excluding hydrogens is 318 g/mol. The number of aryl methyl sites for hydroxylation is 1. The van der Waals surface area contributed by atoms with E-state index in [1.54, 1.807) is 6.07 Å². The van der Waals surface area contributed by atoms with Gasteiger partial charge in [-0.1, -0.05) is 24.3 Å². The van der Waals surface area contributed by atoms with Crippen LogP contribution >= 0.6 is 0 Å². The van der Waals surface area contributed by atoms with E-state index in [1.807, 2.05) is 64.1 Å². The van der Waals surface area contributed by atoms with Crippen molar-refractivity contribution in [1.82, 2.24) is 0 Å². The normalized spacial score (nSPS) is 10.9. The van der Waals surface area contributed by atoms with E-state index < -0.39 is 11.7 Å². The van der Waals surface area contributed by atoms with Gasteiger partial charge in [-0.15, -0.1) is 0 Å². The van der Waals surface area contributed by atoms with Gasteiger partial charge < -0.3 is 9.47 Å². The van der Waals surface area contributed by atoms with E-state index in [4.69, 9.17) is 9.47 Å². The van der Waals surface area contributed by atoms with Crippen molar-refractivity contribution in [2.24, 2.45) is 0 Å². The van der Waals surface area contributed by atoms with Gasteiger partial charge in [0.25, 0.3) is 0 Å². The third kappa shape index (κ3) is 5.08. The molecule has 0 heterocycles. The van der Waals surface area contributed by atoms with Crippen LogP contribution in [0.3, 0.4) is 0 Å². The molecule has 132 valence electrons. The fraction of sp³-hybridized carbons (Fsp3) is 0.300. The topological polar surface area (TPSA) is 64.6 Å². The zero-order valence-corrected chi connectivity index (χ0v) is 15.2. The third-order valence-corrected chi connectivity index (χ3v) is 3.50. The summed E-state index contributed by atoms with van der Waals surface area (Å²) in [5, 5.41) is 2.70. The molecule has 2 rings (SSSR count). The predicted octanol–water partition coefficient (Wildman–Crippen LogP) is 4.80. The predicted molar refractivity (Wildman–Crippen MR) is 97.8 cm³/mol. The highest BCUT2D eigenvalue weighted by Gasteiger charge is 2.16. The minimum atomic E-state index is -0.539.